The molecular weight excluding hydrogens is 394 g/mol. The van der Waals surface area contributed by atoms with Crippen molar-refractivity contribution in [1.82, 2.24) is 15.1 Å². The molecule has 0 spiro atoms. The maximum Gasteiger partial charge on any atom is 0.416 e. The van der Waals surface area contributed by atoms with Gasteiger partial charge in [-0.25, -0.2) is 9.37 Å². The fraction of sp³-hybridized carbons (Fsp3) is 0.105. The van der Waals surface area contributed by atoms with Gasteiger partial charge in [-0.3, -0.25) is 0 Å². The van der Waals surface area contributed by atoms with Gasteiger partial charge in [0.2, 0.25) is 11.7 Å². The van der Waals surface area contributed by atoms with Gasteiger partial charge in [-0.05, 0) is 36.4 Å². The van der Waals surface area contributed by atoms with Crippen molar-refractivity contribution in [3.63, 3.8) is 0 Å². The summed E-state index contributed by atoms with van der Waals surface area (Å²) in [4.78, 5) is 8.69. The van der Waals surface area contributed by atoms with Crippen LogP contribution < -0.4 is 0 Å². The summed E-state index contributed by atoms with van der Waals surface area (Å²) in [5, 5.41) is 6.38. The molecule has 0 N–H and O–H groups in total. The molecule has 0 unspecified atom stereocenters. The molecule has 4 rings (SSSR count). The molecule has 0 aliphatic carbocycles. The second kappa shape index (κ2) is 7.16. The number of nitrogens with zero attached hydrogens (tertiary/aromatic N) is 3. The van der Waals surface area contributed by atoms with E-state index in [2.05, 4.69) is 15.1 Å². The normalized spacial score (nSPS) is 11.7. The molecule has 0 aliphatic rings. The predicted octanol–water partition coefficient (Wildman–Crippen LogP) is 5.61. The highest BCUT2D eigenvalue weighted by molar-refractivity contribution is 7.10. The van der Waals surface area contributed by atoms with E-state index in [1.807, 2.05) is 5.38 Å². The lowest BCUT2D eigenvalue weighted by molar-refractivity contribution is -0.137. The molecule has 9 heteroatoms. The first-order valence-corrected chi connectivity index (χ1v) is 8.97. The van der Waals surface area contributed by atoms with E-state index in [9.17, 15) is 17.6 Å². The van der Waals surface area contributed by atoms with Crippen molar-refractivity contribution in [3.8, 4) is 22.6 Å². The second-order valence-corrected chi connectivity index (χ2v) is 6.84. The molecule has 0 bridgehead atoms. The molecule has 0 atom stereocenters. The SMILES string of the molecule is Fc1ccc(-c2csc(Cc3nc(-c4ccc(C(F)(F)F)cc4)no3)n2)cc1. The Morgan fingerprint density at radius 3 is 2.25 bits per heavy atom. The van der Waals surface area contributed by atoms with Crippen LogP contribution in [0.25, 0.3) is 22.6 Å². The van der Waals surface area contributed by atoms with Crippen LogP contribution >= 0.6 is 11.3 Å². The zero-order valence-electron chi connectivity index (χ0n) is 14.1. The Labute approximate surface area is 160 Å². The van der Waals surface area contributed by atoms with Crippen molar-refractivity contribution in [2.45, 2.75) is 12.6 Å². The molecule has 2 aromatic carbocycles. The third kappa shape index (κ3) is 3.94. The standard InChI is InChI=1S/C19H11F4N3OS/c20-14-7-3-11(4-8-14)15-10-28-17(24-15)9-16-25-18(26-27-16)12-1-5-13(6-2-12)19(21,22)23/h1-8,10H,9H2. The van der Waals surface area contributed by atoms with Crippen molar-refractivity contribution < 1.29 is 22.1 Å². The third-order valence-corrected chi connectivity index (χ3v) is 4.78. The minimum absolute atomic E-state index is 0.207. The van der Waals surface area contributed by atoms with E-state index in [4.69, 9.17) is 4.52 Å². The molecule has 0 saturated heterocycles. The topological polar surface area (TPSA) is 51.8 Å². The van der Waals surface area contributed by atoms with Gasteiger partial charge in [0.05, 0.1) is 17.7 Å². The molecule has 4 nitrogen and oxygen atoms in total. The average molecular weight is 405 g/mol. The lowest BCUT2D eigenvalue weighted by Gasteiger charge is -2.05. The summed E-state index contributed by atoms with van der Waals surface area (Å²) >= 11 is 1.40. The Morgan fingerprint density at radius 1 is 0.893 bits per heavy atom. The van der Waals surface area contributed by atoms with E-state index in [0.717, 1.165) is 22.7 Å². The van der Waals surface area contributed by atoms with Gasteiger partial charge in [0.15, 0.2) is 0 Å². The number of benzene rings is 2. The van der Waals surface area contributed by atoms with E-state index in [-0.39, 0.29) is 11.6 Å². The van der Waals surface area contributed by atoms with Crippen LogP contribution in [0.1, 0.15) is 16.5 Å². The van der Waals surface area contributed by atoms with E-state index < -0.39 is 11.7 Å². The smallest absolute Gasteiger partial charge is 0.339 e. The fourth-order valence-corrected chi connectivity index (χ4v) is 3.32. The van der Waals surface area contributed by atoms with Crippen LogP contribution in [0.15, 0.2) is 58.4 Å². The van der Waals surface area contributed by atoms with Crippen molar-refractivity contribution in [2.75, 3.05) is 0 Å². The number of thiazole rings is 1. The highest BCUT2D eigenvalue weighted by atomic mass is 32.1. The quantitative estimate of drug-likeness (QED) is 0.414. The van der Waals surface area contributed by atoms with Crippen molar-refractivity contribution in [2.24, 2.45) is 0 Å². The van der Waals surface area contributed by atoms with Gasteiger partial charge in [0.25, 0.3) is 0 Å². The van der Waals surface area contributed by atoms with Gasteiger partial charge in [-0.1, -0.05) is 17.3 Å². The van der Waals surface area contributed by atoms with Gasteiger partial charge in [-0.2, -0.15) is 18.2 Å². The summed E-state index contributed by atoms with van der Waals surface area (Å²) in [5.41, 5.74) is 1.19. The fourth-order valence-electron chi connectivity index (χ4n) is 2.53. The van der Waals surface area contributed by atoms with Crippen LogP contribution in [-0.4, -0.2) is 15.1 Å². The zero-order chi connectivity index (χ0) is 19.7. The van der Waals surface area contributed by atoms with Gasteiger partial charge >= 0.3 is 6.18 Å². The first kappa shape index (κ1) is 18.3. The van der Waals surface area contributed by atoms with Crippen molar-refractivity contribution in [1.29, 1.82) is 0 Å². The molecule has 142 valence electrons. The molecule has 2 aromatic heterocycles. The molecule has 28 heavy (non-hydrogen) atoms. The molecule has 0 radical (unpaired) electrons. The lowest BCUT2D eigenvalue weighted by Crippen LogP contribution is -2.04. The van der Waals surface area contributed by atoms with E-state index in [1.165, 1.54) is 35.6 Å². The lowest BCUT2D eigenvalue weighted by atomic mass is 10.1. The predicted molar refractivity (Wildman–Crippen MR) is 95.0 cm³/mol. The molecule has 0 saturated carbocycles. The van der Waals surface area contributed by atoms with Crippen LogP contribution in [-0.2, 0) is 12.6 Å². The first-order chi connectivity index (χ1) is 13.4. The second-order valence-electron chi connectivity index (χ2n) is 5.90. The first-order valence-electron chi connectivity index (χ1n) is 8.09. The largest absolute Gasteiger partial charge is 0.416 e. The summed E-state index contributed by atoms with van der Waals surface area (Å²) in [6.07, 6.45) is -4.10. The Hall–Kier alpha value is -3.07. The molecule has 0 aliphatic heterocycles. The van der Waals surface area contributed by atoms with Crippen LogP contribution in [0.3, 0.4) is 0 Å². The maximum absolute atomic E-state index is 13.0. The Bertz CT molecular complexity index is 1090. The summed E-state index contributed by atoms with van der Waals surface area (Å²) in [5.74, 6) is 0.190. The highest BCUT2D eigenvalue weighted by Gasteiger charge is 2.30. The van der Waals surface area contributed by atoms with Gasteiger partial charge in [0.1, 0.15) is 10.8 Å². The van der Waals surface area contributed by atoms with Crippen molar-refractivity contribution in [3.05, 3.63) is 76.2 Å². The number of halogens is 4. The highest BCUT2D eigenvalue weighted by Crippen LogP contribution is 2.30. The molecular formula is C19H11F4N3OS. The van der Waals surface area contributed by atoms with Crippen LogP contribution in [0.4, 0.5) is 17.6 Å². The number of hydrogen-bond acceptors (Lipinski definition) is 5. The van der Waals surface area contributed by atoms with Gasteiger partial charge in [0, 0.05) is 16.5 Å². The number of rotatable bonds is 4. The molecule has 2 heterocycles. The van der Waals surface area contributed by atoms with Crippen LogP contribution in [0, 0.1) is 5.82 Å². The van der Waals surface area contributed by atoms with Crippen LogP contribution in [0.5, 0.6) is 0 Å². The van der Waals surface area contributed by atoms with Crippen LogP contribution in [0.2, 0.25) is 0 Å². The molecule has 0 amide bonds. The molecule has 0 fully saturated rings. The summed E-state index contributed by atoms with van der Waals surface area (Å²) < 4.78 is 56.1. The van der Waals surface area contributed by atoms with E-state index >= 15 is 0 Å². The minimum atomic E-state index is -4.39. The summed E-state index contributed by atoms with van der Waals surface area (Å²) in [6, 6.07) is 10.6. The average Bonchev–Trinajstić information content (AvgIpc) is 3.32. The Kier molecular flexibility index (Phi) is 4.68. The third-order valence-electron chi connectivity index (χ3n) is 3.93. The van der Waals surface area contributed by atoms with E-state index in [0.29, 0.717) is 23.6 Å². The van der Waals surface area contributed by atoms with Crippen molar-refractivity contribution >= 4 is 11.3 Å². The van der Waals surface area contributed by atoms with E-state index in [1.54, 1.807) is 12.1 Å². The number of hydrogen-bond donors (Lipinski definition) is 0. The van der Waals surface area contributed by atoms with Gasteiger partial charge in [-0.15, -0.1) is 11.3 Å². The summed E-state index contributed by atoms with van der Waals surface area (Å²) in [6.45, 7) is 0. The molecule has 4 aromatic rings. The zero-order valence-corrected chi connectivity index (χ0v) is 14.9. The minimum Gasteiger partial charge on any atom is -0.339 e. The number of aromatic nitrogens is 3. The van der Waals surface area contributed by atoms with Gasteiger partial charge < -0.3 is 4.52 Å². The maximum atomic E-state index is 13.0. The Morgan fingerprint density at radius 2 is 1.57 bits per heavy atom. The monoisotopic (exact) mass is 405 g/mol. The number of alkyl halides is 3. The summed E-state index contributed by atoms with van der Waals surface area (Å²) in [7, 11) is 0. The Balaban J connectivity index is 1.49.